The first-order valence-electron chi connectivity index (χ1n) is 5.74. The van der Waals surface area contributed by atoms with E-state index in [2.05, 4.69) is 10.6 Å². The van der Waals surface area contributed by atoms with Crippen molar-refractivity contribution in [2.75, 3.05) is 0 Å². The molecule has 1 N–H and O–H groups in total. The Balaban J connectivity index is 2.56. The number of hydrogen-bond acceptors (Lipinski definition) is 2. The van der Waals surface area contributed by atoms with E-state index < -0.39 is 14.8 Å². The lowest BCUT2D eigenvalue weighted by Crippen LogP contribution is -2.45. The highest BCUT2D eigenvalue weighted by atomic mass is 32.2. The summed E-state index contributed by atoms with van der Waals surface area (Å²) in [6, 6.07) is 0.0637. The lowest BCUT2D eigenvalue weighted by molar-refractivity contribution is 0.361. The van der Waals surface area contributed by atoms with Crippen molar-refractivity contribution in [3.05, 3.63) is 0 Å². The number of sulfonamides is 1. The largest absolute Gasteiger partial charge is 0.216 e. The summed E-state index contributed by atoms with van der Waals surface area (Å²) in [5.41, 5.74) is 0. The van der Waals surface area contributed by atoms with Crippen molar-refractivity contribution >= 4 is 10.0 Å². The minimum Gasteiger partial charge on any atom is -0.212 e. The van der Waals surface area contributed by atoms with E-state index in [1.165, 1.54) is 0 Å². The van der Waals surface area contributed by atoms with E-state index in [4.69, 9.17) is 6.42 Å². The number of terminal acetylenes is 1. The summed E-state index contributed by atoms with van der Waals surface area (Å²) in [5.74, 6) is 3.07. The van der Waals surface area contributed by atoms with E-state index >= 15 is 0 Å². The molecule has 0 aliphatic heterocycles. The maximum atomic E-state index is 11.9. The van der Waals surface area contributed by atoms with Crippen molar-refractivity contribution in [2.45, 2.75) is 57.2 Å². The normalized spacial score (nSPS) is 27.4. The van der Waals surface area contributed by atoms with Crippen molar-refractivity contribution in [1.82, 2.24) is 4.72 Å². The highest BCUT2D eigenvalue weighted by Gasteiger charge is 2.32. The molecule has 0 aromatic heterocycles. The summed E-state index contributed by atoms with van der Waals surface area (Å²) in [5, 5.41) is 0. The third-order valence-electron chi connectivity index (χ3n) is 3.09. The molecule has 4 heteroatoms. The molecule has 0 saturated heterocycles. The minimum atomic E-state index is -3.22. The molecule has 0 heterocycles. The lowest BCUT2D eigenvalue weighted by Gasteiger charge is -2.29. The van der Waals surface area contributed by atoms with E-state index in [9.17, 15) is 8.42 Å². The fourth-order valence-electron chi connectivity index (χ4n) is 1.77. The van der Waals surface area contributed by atoms with E-state index in [1.54, 1.807) is 20.8 Å². The molecule has 92 valence electrons. The zero-order valence-electron chi connectivity index (χ0n) is 10.3. The van der Waals surface area contributed by atoms with Crippen LogP contribution in [0.15, 0.2) is 0 Å². The zero-order valence-corrected chi connectivity index (χ0v) is 11.1. The second-order valence-corrected chi connectivity index (χ2v) is 7.92. The quantitative estimate of drug-likeness (QED) is 0.753. The van der Waals surface area contributed by atoms with E-state index in [0.717, 1.165) is 25.7 Å². The molecule has 3 nitrogen and oxygen atoms in total. The molecule has 1 aliphatic rings. The second kappa shape index (κ2) is 4.77. The van der Waals surface area contributed by atoms with Crippen LogP contribution >= 0.6 is 0 Å². The molecule has 0 aromatic carbocycles. The molecule has 1 fully saturated rings. The Bertz CT molecular complexity index is 365. The molecule has 1 saturated carbocycles. The summed E-state index contributed by atoms with van der Waals surface area (Å²) in [4.78, 5) is 0. The highest BCUT2D eigenvalue weighted by Crippen LogP contribution is 2.25. The maximum absolute atomic E-state index is 11.9. The van der Waals surface area contributed by atoms with Gasteiger partial charge in [0.2, 0.25) is 10.0 Å². The first-order valence-corrected chi connectivity index (χ1v) is 7.22. The van der Waals surface area contributed by atoms with Gasteiger partial charge in [0, 0.05) is 12.0 Å². The predicted molar refractivity (Wildman–Crippen MR) is 66.4 cm³/mol. The molecule has 0 bridgehead atoms. The van der Waals surface area contributed by atoms with Gasteiger partial charge in [-0.1, -0.05) is 0 Å². The molecule has 1 rings (SSSR count). The summed E-state index contributed by atoms with van der Waals surface area (Å²) in [7, 11) is -3.22. The third kappa shape index (κ3) is 3.23. The van der Waals surface area contributed by atoms with Crippen LogP contribution in [0.1, 0.15) is 46.5 Å². The van der Waals surface area contributed by atoms with Gasteiger partial charge < -0.3 is 0 Å². The summed E-state index contributed by atoms with van der Waals surface area (Å²) in [6.07, 6.45) is 8.91. The average Bonchev–Trinajstić information content (AvgIpc) is 2.16. The van der Waals surface area contributed by atoms with Gasteiger partial charge in [-0.25, -0.2) is 13.1 Å². The standard InChI is InChI=1S/C12H21NO2S/c1-5-10-6-8-11(9-7-10)13-16(14,15)12(2,3)4/h1,10-11,13H,6-9H2,2-4H3/t10-,11-. The van der Waals surface area contributed by atoms with Crippen LogP contribution in [0.2, 0.25) is 0 Å². The van der Waals surface area contributed by atoms with Crippen molar-refractivity contribution in [3.63, 3.8) is 0 Å². The van der Waals surface area contributed by atoms with E-state index in [-0.39, 0.29) is 6.04 Å². The molecule has 16 heavy (non-hydrogen) atoms. The highest BCUT2D eigenvalue weighted by molar-refractivity contribution is 7.90. The van der Waals surface area contributed by atoms with Crippen LogP contribution in [0, 0.1) is 18.3 Å². The van der Waals surface area contributed by atoms with Crippen LogP contribution in [0.5, 0.6) is 0 Å². The third-order valence-corrected chi connectivity index (χ3v) is 5.35. The van der Waals surface area contributed by atoms with Crippen molar-refractivity contribution in [2.24, 2.45) is 5.92 Å². The minimum absolute atomic E-state index is 0.0637. The van der Waals surface area contributed by atoms with Crippen LogP contribution in [0.3, 0.4) is 0 Å². The Hall–Kier alpha value is -0.530. The van der Waals surface area contributed by atoms with Gasteiger partial charge >= 0.3 is 0 Å². The number of rotatable bonds is 2. The van der Waals surface area contributed by atoms with Gasteiger partial charge in [0.15, 0.2) is 0 Å². The van der Waals surface area contributed by atoms with Gasteiger partial charge in [-0.05, 0) is 46.5 Å². The maximum Gasteiger partial charge on any atom is 0.216 e. The van der Waals surface area contributed by atoms with Gasteiger partial charge in [0.1, 0.15) is 0 Å². The first-order chi connectivity index (χ1) is 7.26. The Morgan fingerprint density at radius 3 is 2.06 bits per heavy atom. The summed E-state index contributed by atoms with van der Waals surface area (Å²) in [6.45, 7) is 5.13. The molecular weight excluding hydrogens is 222 g/mol. The van der Waals surface area contributed by atoms with Crippen LogP contribution < -0.4 is 4.72 Å². The summed E-state index contributed by atoms with van der Waals surface area (Å²) < 4.78 is 25.9. The Morgan fingerprint density at radius 2 is 1.69 bits per heavy atom. The molecule has 0 radical (unpaired) electrons. The monoisotopic (exact) mass is 243 g/mol. The lowest BCUT2D eigenvalue weighted by atomic mass is 9.87. The molecule has 0 spiro atoms. The van der Waals surface area contributed by atoms with Gasteiger partial charge in [-0.2, -0.15) is 0 Å². The van der Waals surface area contributed by atoms with Gasteiger partial charge in [-0.15, -0.1) is 12.3 Å². The zero-order chi connectivity index (χ0) is 12.4. The fraction of sp³-hybridized carbons (Fsp3) is 0.833. The first kappa shape index (κ1) is 13.5. The van der Waals surface area contributed by atoms with Crippen LogP contribution in [-0.4, -0.2) is 19.2 Å². The Kier molecular flexibility index (Phi) is 4.03. The van der Waals surface area contributed by atoms with Gasteiger partial charge in [-0.3, -0.25) is 0 Å². The van der Waals surface area contributed by atoms with Crippen LogP contribution in [-0.2, 0) is 10.0 Å². The van der Waals surface area contributed by atoms with Crippen molar-refractivity contribution < 1.29 is 8.42 Å². The van der Waals surface area contributed by atoms with Crippen LogP contribution in [0.25, 0.3) is 0 Å². The molecule has 0 aromatic rings. The SMILES string of the molecule is C#C[C@H]1CC[C@H](NS(=O)(=O)C(C)(C)C)CC1. The second-order valence-electron chi connectivity index (χ2n) is 5.45. The molecule has 0 atom stereocenters. The van der Waals surface area contributed by atoms with E-state index in [0.29, 0.717) is 5.92 Å². The topological polar surface area (TPSA) is 46.2 Å². The predicted octanol–water partition coefficient (Wildman–Crippen LogP) is 1.90. The fourth-order valence-corrected chi connectivity index (χ4v) is 2.80. The molecule has 1 aliphatic carbocycles. The summed E-state index contributed by atoms with van der Waals surface area (Å²) >= 11 is 0. The van der Waals surface area contributed by atoms with Crippen LogP contribution in [0.4, 0.5) is 0 Å². The molecule has 0 unspecified atom stereocenters. The Morgan fingerprint density at radius 1 is 1.19 bits per heavy atom. The van der Waals surface area contributed by atoms with Gasteiger partial charge in [0.25, 0.3) is 0 Å². The van der Waals surface area contributed by atoms with Crippen molar-refractivity contribution in [3.8, 4) is 12.3 Å². The van der Waals surface area contributed by atoms with Gasteiger partial charge in [0.05, 0.1) is 4.75 Å². The average molecular weight is 243 g/mol. The number of hydrogen-bond donors (Lipinski definition) is 1. The molecular formula is C12H21NO2S. The number of nitrogens with one attached hydrogen (secondary N) is 1. The smallest absolute Gasteiger partial charge is 0.212 e. The Labute approximate surface area is 99.1 Å². The molecule has 0 amide bonds. The van der Waals surface area contributed by atoms with E-state index in [1.807, 2.05) is 0 Å². The van der Waals surface area contributed by atoms with Crippen molar-refractivity contribution in [1.29, 1.82) is 0 Å².